The molecule has 7 heteroatoms. The van der Waals surface area contributed by atoms with Gasteiger partial charge in [0, 0.05) is 0 Å². The Morgan fingerprint density at radius 3 is 2.73 bits per heavy atom. The highest BCUT2D eigenvalue weighted by Crippen LogP contribution is 2.03. The minimum atomic E-state index is -1.18. The van der Waals surface area contributed by atoms with Crippen LogP contribution >= 0.6 is 11.6 Å². The summed E-state index contributed by atoms with van der Waals surface area (Å²) in [5.41, 5.74) is 2.02. The molecule has 0 saturated heterocycles. The van der Waals surface area contributed by atoms with Crippen LogP contribution in [0.4, 0.5) is 5.82 Å². The molecule has 1 unspecified atom stereocenters. The molecule has 0 aliphatic rings. The van der Waals surface area contributed by atoms with Crippen LogP contribution in [0.25, 0.3) is 0 Å². The van der Waals surface area contributed by atoms with Gasteiger partial charge in [-0.3, -0.25) is 0 Å². The van der Waals surface area contributed by atoms with E-state index in [0.717, 1.165) is 0 Å². The molecule has 60 valence electrons. The minimum absolute atomic E-state index is 0.155. The summed E-state index contributed by atoms with van der Waals surface area (Å²) in [4.78, 5) is 0. The maximum absolute atomic E-state index is 10.0. The molecule has 1 aromatic rings. The van der Waals surface area contributed by atoms with Crippen molar-refractivity contribution in [2.75, 3.05) is 5.43 Å². The van der Waals surface area contributed by atoms with Gasteiger partial charge in [-0.1, -0.05) is 11.6 Å². The predicted octanol–water partition coefficient (Wildman–Crippen LogP) is -0.771. The molecule has 0 radical (unpaired) electrons. The van der Waals surface area contributed by atoms with Gasteiger partial charge in [-0.2, -0.15) is 10.6 Å². The largest absolute Gasteiger partial charge is 0.574 e. The van der Waals surface area contributed by atoms with Crippen molar-refractivity contribution in [3.05, 3.63) is 22.5 Å². The molecule has 1 aromatic heterocycles. The molecule has 0 bridgehead atoms. The fraction of sp³-hybridized carbons (Fsp3) is 0. The lowest BCUT2D eigenvalue weighted by atomic mass is 10.5. The van der Waals surface area contributed by atoms with E-state index >= 15 is 0 Å². The van der Waals surface area contributed by atoms with Gasteiger partial charge in [0.25, 0.3) is 0 Å². The van der Waals surface area contributed by atoms with Crippen LogP contribution in [0.2, 0.25) is 5.15 Å². The normalized spacial score (nSPS) is 12.6. The molecule has 6 nitrogen and oxygen atoms in total. The van der Waals surface area contributed by atoms with E-state index in [1.54, 1.807) is 0 Å². The van der Waals surface area contributed by atoms with E-state index in [4.69, 9.17) is 16.8 Å². The van der Waals surface area contributed by atoms with E-state index in [0.29, 0.717) is 0 Å². The molecule has 0 amide bonds. The van der Waals surface area contributed by atoms with Crippen LogP contribution in [0, 0.1) is 5.21 Å². The van der Waals surface area contributed by atoms with Crippen LogP contribution in [0.1, 0.15) is 0 Å². The SMILES string of the molecule is [O-][NH+](O)Nc1ccc(Cl)nn1. The molecular weight excluding hydrogens is 172 g/mol. The third-order valence-corrected chi connectivity index (χ3v) is 1.07. The highest BCUT2D eigenvalue weighted by atomic mass is 35.5. The summed E-state index contributed by atoms with van der Waals surface area (Å²) in [6, 6.07) is 2.86. The molecule has 0 aliphatic carbocycles. The van der Waals surface area contributed by atoms with Gasteiger partial charge in [-0.05, 0) is 12.1 Å². The van der Waals surface area contributed by atoms with Crippen LogP contribution in [0.3, 0.4) is 0 Å². The molecule has 3 N–H and O–H groups in total. The standard InChI is InChI=1S/C4H5ClN4O2/c5-3-1-2-4(7-6-3)8-9(10)11/h1-2,9-10H,(H,7,8). The Balaban J connectivity index is 2.66. The lowest BCUT2D eigenvalue weighted by molar-refractivity contribution is -1.03. The first-order valence-corrected chi connectivity index (χ1v) is 3.05. The predicted molar refractivity (Wildman–Crippen MR) is 36.8 cm³/mol. The summed E-state index contributed by atoms with van der Waals surface area (Å²) in [5.74, 6) is 0.155. The lowest BCUT2D eigenvalue weighted by Crippen LogP contribution is -3.08. The number of quaternary nitrogens is 1. The highest BCUT2D eigenvalue weighted by molar-refractivity contribution is 6.29. The van der Waals surface area contributed by atoms with Gasteiger partial charge >= 0.3 is 0 Å². The molecule has 0 saturated carbocycles. The van der Waals surface area contributed by atoms with Crippen LogP contribution in [0.5, 0.6) is 0 Å². The maximum atomic E-state index is 10.0. The Hall–Kier alpha value is -0.950. The van der Waals surface area contributed by atoms with Gasteiger partial charge in [-0.15, -0.1) is 15.5 Å². The molecule has 1 heterocycles. The molecule has 0 aliphatic heterocycles. The topological polar surface area (TPSA) is 85.5 Å². The Bertz CT molecular complexity index is 226. The third kappa shape index (κ3) is 2.64. The maximum Gasteiger partial charge on any atom is 0.199 e. The first kappa shape index (κ1) is 8.15. The van der Waals surface area contributed by atoms with E-state index in [9.17, 15) is 5.21 Å². The van der Waals surface area contributed by atoms with Crippen molar-refractivity contribution in [3.63, 3.8) is 0 Å². The summed E-state index contributed by atoms with van der Waals surface area (Å²) in [6.07, 6.45) is 0. The number of aromatic nitrogens is 2. The van der Waals surface area contributed by atoms with Crippen molar-refractivity contribution >= 4 is 17.4 Å². The van der Waals surface area contributed by atoms with Gasteiger partial charge in [0.2, 0.25) is 0 Å². The van der Waals surface area contributed by atoms with E-state index in [1.165, 1.54) is 12.1 Å². The van der Waals surface area contributed by atoms with Gasteiger partial charge < -0.3 is 5.21 Å². The van der Waals surface area contributed by atoms with Crippen molar-refractivity contribution < 1.29 is 10.5 Å². The van der Waals surface area contributed by atoms with Crippen molar-refractivity contribution in [2.24, 2.45) is 0 Å². The molecule has 1 rings (SSSR count). The summed E-state index contributed by atoms with van der Waals surface area (Å²) >= 11 is 5.40. The zero-order chi connectivity index (χ0) is 8.27. The molecule has 0 fully saturated rings. The van der Waals surface area contributed by atoms with Crippen LogP contribution < -0.4 is 10.8 Å². The Labute approximate surface area is 66.9 Å². The van der Waals surface area contributed by atoms with Gasteiger partial charge in [-0.25, -0.2) is 0 Å². The number of anilines is 1. The van der Waals surface area contributed by atoms with Crippen LogP contribution in [-0.4, -0.2) is 15.4 Å². The number of halogens is 1. The van der Waals surface area contributed by atoms with E-state index in [1.807, 2.05) is 5.43 Å². The quantitative estimate of drug-likeness (QED) is 0.515. The van der Waals surface area contributed by atoms with Crippen molar-refractivity contribution in [1.82, 2.24) is 10.2 Å². The monoisotopic (exact) mass is 176 g/mol. The third-order valence-electron chi connectivity index (χ3n) is 0.867. The summed E-state index contributed by atoms with van der Waals surface area (Å²) in [7, 11) is 0. The van der Waals surface area contributed by atoms with Gasteiger partial charge in [0.1, 0.15) is 0 Å². The van der Waals surface area contributed by atoms with Crippen molar-refractivity contribution in [1.29, 1.82) is 0 Å². The number of nitrogens with one attached hydrogen (secondary N) is 2. The van der Waals surface area contributed by atoms with Gasteiger partial charge in [0.05, 0.1) is 0 Å². The second kappa shape index (κ2) is 3.44. The smallest absolute Gasteiger partial charge is 0.199 e. The first-order valence-electron chi connectivity index (χ1n) is 2.67. The van der Waals surface area contributed by atoms with E-state index in [2.05, 4.69) is 10.2 Å². The Morgan fingerprint density at radius 2 is 2.27 bits per heavy atom. The van der Waals surface area contributed by atoms with Crippen LogP contribution in [-0.2, 0) is 0 Å². The first-order chi connectivity index (χ1) is 5.18. The average molecular weight is 177 g/mol. The molecule has 1 atom stereocenters. The summed E-state index contributed by atoms with van der Waals surface area (Å²) in [6.45, 7) is 0. The minimum Gasteiger partial charge on any atom is -0.574 e. The summed E-state index contributed by atoms with van der Waals surface area (Å²) < 4.78 is 0. The Morgan fingerprint density at radius 1 is 1.55 bits per heavy atom. The zero-order valence-electron chi connectivity index (χ0n) is 5.28. The van der Waals surface area contributed by atoms with Gasteiger partial charge in [0.15, 0.2) is 11.0 Å². The molecular formula is C4H5ClN4O2. The number of hydrogen-bond donors (Lipinski definition) is 3. The fourth-order valence-electron chi connectivity index (χ4n) is 0.492. The van der Waals surface area contributed by atoms with E-state index in [-0.39, 0.29) is 11.0 Å². The Kier molecular flexibility index (Phi) is 2.55. The van der Waals surface area contributed by atoms with E-state index < -0.39 is 5.34 Å². The second-order valence-electron chi connectivity index (χ2n) is 1.67. The molecule has 0 aromatic carbocycles. The van der Waals surface area contributed by atoms with Crippen molar-refractivity contribution in [3.8, 4) is 0 Å². The number of nitrogens with zero attached hydrogens (tertiary/aromatic N) is 2. The summed E-state index contributed by atoms with van der Waals surface area (Å²) in [5, 5.41) is 24.2. The highest BCUT2D eigenvalue weighted by Gasteiger charge is 1.96. The lowest BCUT2D eigenvalue weighted by Gasteiger charge is -2.11. The fourth-order valence-corrected chi connectivity index (χ4v) is 0.593. The average Bonchev–Trinajstić information content (AvgIpc) is 1.93. The van der Waals surface area contributed by atoms with Crippen molar-refractivity contribution in [2.45, 2.75) is 0 Å². The molecule has 0 spiro atoms. The molecule has 11 heavy (non-hydrogen) atoms. The zero-order valence-corrected chi connectivity index (χ0v) is 6.04. The second-order valence-corrected chi connectivity index (χ2v) is 2.06. The number of rotatable bonds is 2. The number of hydrogen-bond acceptors (Lipinski definition) is 5. The van der Waals surface area contributed by atoms with Crippen LogP contribution in [0.15, 0.2) is 12.1 Å².